The molecule has 11 heteroatoms. The van der Waals surface area contributed by atoms with Crippen molar-refractivity contribution in [2.45, 2.75) is 18.4 Å². The Hall–Kier alpha value is -3.57. The number of hydrogen-bond acceptors (Lipinski definition) is 9. The number of fused-ring (bicyclic) bond motifs is 2. The summed E-state index contributed by atoms with van der Waals surface area (Å²) in [7, 11) is 0. The lowest BCUT2D eigenvalue weighted by Crippen LogP contribution is -2.47. The molecule has 4 heterocycles. The van der Waals surface area contributed by atoms with Gasteiger partial charge in [0.15, 0.2) is 17.1 Å². The standard InChI is InChI=1S/C24H24N4O6S/c1-2-32-23(30)17-13-25-21-20(4-3-7-28(21)22(17)29)35-24(31)27-10-8-26(9-11-27)14-16-5-6-18-19(12-16)34-15-33-18/h3-7,12-13H,2,8-11,14-15H2,1H3. The van der Waals surface area contributed by atoms with Gasteiger partial charge >= 0.3 is 5.97 Å². The van der Waals surface area contributed by atoms with Crippen LogP contribution < -0.4 is 15.0 Å². The normalized spacial score (nSPS) is 15.4. The molecule has 2 aromatic heterocycles. The number of esters is 1. The van der Waals surface area contributed by atoms with E-state index in [1.807, 2.05) is 18.2 Å². The maximum absolute atomic E-state index is 13.0. The zero-order chi connectivity index (χ0) is 24.4. The van der Waals surface area contributed by atoms with E-state index in [2.05, 4.69) is 9.88 Å². The van der Waals surface area contributed by atoms with Gasteiger partial charge in [0.05, 0.1) is 11.5 Å². The van der Waals surface area contributed by atoms with Crippen molar-refractivity contribution in [1.29, 1.82) is 0 Å². The highest BCUT2D eigenvalue weighted by Crippen LogP contribution is 2.33. The number of nitrogens with zero attached hydrogens (tertiary/aromatic N) is 4. The number of pyridine rings is 1. The molecule has 3 aromatic rings. The van der Waals surface area contributed by atoms with E-state index in [-0.39, 0.29) is 24.2 Å². The molecule has 2 aliphatic heterocycles. The number of rotatable bonds is 5. The number of hydrogen-bond donors (Lipinski definition) is 0. The summed E-state index contributed by atoms with van der Waals surface area (Å²) < 4.78 is 17.0. The summed E-state index contributed by atoms with van der Waals surface area (Å²) in [5.41, 5.74) is 0.792. The first kappa shape index (κ1) is 23.2. The van der Waals surface area contributed by atoms with Crippen molar-refractivity contribution in [2.24, 2.45) is 0 Å². The van der Waals surface area contributed by atoms with E-state index in [1.165, 1.54) is 16.8 Å². The fourth-order valence-electron chi connectivity index (χ4n) is 4.05. The quantitative estimate of drug-likeness (QED) is 0.390. The third-order valence-corrected chi connectivity index (χ3v) is 6.83. The minimum Gasteiger partial charge on any atom is -0.462 e. The van der Waals surface area contributed by atoms with Gasteiger partial charge in [-0.3, -0.25) is 18.9 Å². The SMILES string of the molecule is CCOC(=O)c1cnc2c(SC(=O)N3CCN(Cc4ccc5c(c4)OCO5)CC3)cccn2c1=O. The molecule has 0 aliphatic carbocycles. The largest absolute Gasteiger partial charge is 0.462 e. The Morgan fingerprint density at radius 2 is 1.91 bits per heavy atom. The average Bonchev–Trinajstić information content (AvgIpc) is 3.33. The first-order chi connectivity index (χ1) is 17.0. The van der Waals surface area contributed by atoms with E-state index >= 15 is 0 Å². The lowest BCUT2D eigenvalue weighted by Gasteiger charge is -2.34. The minimum atomic E-state index is -0.716. The molecular formula is C24H24N4O6S. The van der Waals surface area contributed by atoms with Gasteiger partial charge in [0.1, 0.15) is 5.56 Å². The summed E-state index contributed by atoms with van der Waals surface area (Å²) in [4.78, 5) is 46.7. The van der Waals surface area contributed by atoms with Crippen molar-refractivity contribution in [3.8, 4) is 11.5 Å². The third-order valence-electron chi connectivity index (χ3n) is 5.86. The van der Waals surface area contributed by atoms with Gasteiger partial charge in [0.25, 0.3) is 10.8 Å². The molecule has 1 saturated heterocycles. The van der Waals surface area contributed by atoms with Crippen LogP contribution in [0.2, 0.25) is 0 Å². The van der Waals surface area contributed by atoms with Crippen LogP contribution in [0.5, 0.6) is 11.5 Å². The van der Waals surface area contributed by atoms with E-state index < -0.39 is 11.5 Å². The van der Waals surface area contributed by atoms with Crippen molar-refractivity contribution in [1.82, 2.24) is 19.2 Å². The Kier molecular flexibility index (Phi) is 6.60. The number of aromatic nitrogens is 2. The van der Waals surface area contributed by atoms with Gasteiger partial charge in [0.2, 0.25) is 6.79 Å². The molecule has 1 amide bonds. The molecule has 0 bridgehead atoms. The number of amides is 1. The van der Waals surface area contributed by atoms with Crippen LogP contribution in [0.1, 0.15) is 22.8 Å². The van der Waals surface area contributed by atoms with Crippen LogP contribution in [0.15, 0.2) is 52.4 Å². The molecular weight excluding hydrogens is 472 g/mol. The van der Waals surface area contributed by atoms with Crippen LogP contribution in [-0.4, -0.2) is 70.0 Å². The van der Waals surface area contributed by atoms with Crippen molar-refractivity contribution in [3.05, 3.63) is 64.2 Å². The van der Waals surface area contributed by atoms with Crippen LogP contribution in [-0.2, 0) is 11.3 Å². The van der Waals surface area contributed by atoms with E-state index in [0.29, 0.717) is 23.6 Å². The summed E-state index contributed by atoms with van der Waals surface area (Å²) >= 11 is 1.03. The Bertz CT molecular complexity index is 1340. The lowest BCUT2D eigenvalue weighted by molar-refractivity contribution is 0.0523. The molecule has 0 radical (unpaired) electrons. The Labute approximate surface area is 205 Å². The predicted octanol–water partition coefficient (Wildman–Crippen LogP) is 2.63. The number of benzene rings is 1. The lowest BCUT2D eigenvalue weighted by atomic mass is 10.1. The number of carbonyl (C=O) groups is 2. The molecule has 0 atom stereocenters. The summed E-state index contributed by atoms with van der Waals surface area (Å²) in [5.74, 6) is 0.820. The minimum absolute atomic E-state index is 0.107. The van der Waals surface area contributed by atoms with Crippen LogP contribution in [0, 0.1) is 0 Å². The van der Waals surface area contributed by atoms with Gasteiger partial charge in [-0.25, -0.2) is 9.78 Å². The van der Waals surface area contributed by atoms with Crippen LogP contribution >= 0.6 is 11.8 Å². The molecule has 0 unspecified atom stereocenters. The van der Waals surface area contributed by atoms with Crippen molar-refractivity contribution < 1.29 is 23.8 Å². The van der Waals surface area contributed by atoms with Gasteiger partial charge in [-0.05, 0) is 48.5 Å². The smallest absolute Gasteiger partial charge is 0.345 e. The summed E-state index contributed by atoms with van der Waals surface area (Å²) in [6.07, 6.45) is 2.73. The predicted molar refractivity (Wildman–Crippen MR) is 128 cm³/mol. The summed E-state index contributed by atoms with van der Waals surface area (Å²) in [5, 5.41) is -0.107. The number of thioether (sulfide) groups is 1. The number of piperazine rings is 1. The fraction of sp³-hybridized carbons (Fsp3) is 0.333. The third kappa shape index (κ3) is 4.82. The Morgan fingerprint density at radius 3 is 2.71 bits per heavy atom. The maximum atomic E-state index is 13.0. The molecule has 0 spiro atoms. The van der Waals surface area contributed by atoms with E-state index in [1.54, 1.807) is 24.0 Å². The van der Waals surface area contributed by atoms with Gasteiger partial charge < -0.3 is 19.1 Å². The summed E-state index contributed by atoms with van der Waals surface area (Å²) in [6.45, 7) is 5.54. The van der Waals surface area contributed by atoms with Crippen molar-refractivity contribution in [2.75, 3.05) is 39.6 Å². The Balaban J connectivity index is 1.22. The van der Waals surface area contributed by atoms with E-state index in [0.717, 1.165) is 48.5 Å². The second-order valence-electron chi connectivity index (χ2n) is 8.08. The summed E-state index contributed by atoms with van der Waals surface area (Å²) in [6, 6.07) is 9.35. The first-order valence-electron chi connectivity index (χ1n) is 11.3. The monoisotopic (exact) mass is 496 g/mol. The van der Waals surface area contributed by atoms with Crippen molar-refractivity contribution >= 4 is 28.6 Å². The molecule has 0 saturated carbocycles. The second-order valence-corrected chi connectivity index (χ2v) is 9.08. The zero-order valence-electron chi connectivity index (χ0n) is 19.1. The fourth-order valence-corrected chi connectivity index (χ4v) is 4.94. The van der Waals surface area contributed by atoms with Crippen LogP contribution in [0.3, 0.4) is 0 Å². The molecule has 35 heavy (non-hydrogen) atoms. The zero-order valence-corrected chi connectivity index (χ0v) is 20.0. The number of ether oxygens (including phenoxy) is 3. The van der Waals surface area contributed by atoms with Gasteiger partial charge in [-0.2, -0.15) is 0 Å². The maximum Gasteiger partial charge on any atom is 0.345 e. The molecule has 1 aromatic carbocycles. The highest BCUT2D eigenvalue weighted by atomic mass is 32.2. The van der Waals surface area contributed by atoms with E-state index in [9.17, 15) is 14.4 Å². The second kappa shape index (κ2) is 9.96. The highest BCUT2D eigenvalue weighted by molar-refractivity contribution is 8.13. The van der Waals surface area contributed by atoms with Crippen LogP contribution in [0.4, 0.5) is 4.79 Å². The molecule has 0 N–H and O–H groups in total. The van der Waals surface area contributed by atoms with Gasteiger partial charge in [-0.15, -0.1) is 0 Å². The van der Waals surface area contributed by atoms with Crippen molar-refractivity contribution in [3.63, 3.8) is 0 Å². The molecule has 182 valence electrons. The molecule has 5 rings (SSSR count). The number of carbonyl (C=O) groups excluding carboxylic acids is 2. The molecule has 10 nitrogen and oxygen atoms in total. The average molecular weight is 497 g/mol. The molecule has 2 aliphatic rings. The van der Waals surface area contributed by atoms with E-state index in [4.69, 9.17) is 14.2 Å². The Morgan fingerprint density at radius 1 is 1.11 bits per heavy atom. The topological polar surface area (TPSA) is 103 Å². The molecule has 1 fully saturated rings. The van der Waals surface area contributed by atoms with Gasteiger partial charge in [0, 0.05) is 45.1 Å². The van der Waals surface area contributed by atoms with Gasteiger partial charge in [-0.1, -0.05) is 6.07 Å². The van der Waals surface area contributed by atoms with Crippen LogP contribution in [0.25, 0.3) is 5.65 Å². The first-order valence-corrected chi connectivity index (χ1v) is 12.1. The highest BCUT2D eigenvalue weighted by Gasteiger charge is 2.24.